The first-order valence-corrected chi connectivity index (χ1v) is 8.68. The van der Waals surface area contributed by atoms with Crippen molar-refractivity contribution in [3.05, 3.63) is 28.2 Å². The number of carboxylic acid groups (broad SMARTS) is 1. The van der Waals surface area contributed by atoms with E-state index in [1.165, 1.54) is 22.5 Å². The van der Waals surface area contributed by atoms with E-state index < -0.39 is 16.0 Å². The molecule has 1 saturated heterocycles. The molecular formula is C13H16Cl2KNO5S. The molecule has 1 aromatic rings. The maximum absolute atomic E-state index is 12.6. The first kappa shape index (κ1) is 23.8. The number of rotatable bonds is 4. The second-order valence-electron chi connectivity index (χ2n) is 5.02. The standard InChI is InChI=1S/C13H15Cl2NO4S.K.H2O/c14-10-4-1-5-11(13(10)15)21(19,20)16-6-2-3-9(8-16)7-12(17)18;;/h1,4-5,9H,2-3,6-8H2,(H,17,18);;1H2/q;+1;/p-1. The number of piperidine rings is 1. The van der Waals surface area contributed by atoms with Crippen LogP contribution in [0.4, 0.5) is 0 Å². The maximum atomic E-state index is 12.6. The fourth-order valence-corrected chi connectivity index (χ4v) is 4.77. The van der Waals surface area contributed by atoms with Gasteiger partial charge in [0.15, 0.2) is 0 Å². The van der Waals surface area contributed by atoms with Gasteiger partial charge >= 0.3 is 57.4 Å². The number of carbonyl (C=O) groups is 1. The van der Waals surface area contributed by atoms with Crippen molar-refractivity contribution in [2.24, 2.45) is 5.92 Å². The summed E-state index contributed by atoms with van der Waals surface area (Å²) in [7, 11) is -3.76. The molecule has 124 valence electrons. The molecule has 0 aliphatic carbocycles. The van der Waals surface area contributed by atoms with E-state index >= 15 is 0 Å². The number of hydrogen-bond donors (Lipinski definition) is 1. The Hall–Kier alpha value is 0.776. The topological polar surface area (TPSA) is 105 Å². The number of carboxylic acids is 1. The van der Waals surface area contributed by atoms with Gasteiger partial charge in [0.05, 0.1) is 10.0 Å². The molecule has 1 atom stereocenters. The zero-order valence-electron chi connectivity index (χ0n) is 12.6. The molecule has 1 unspecified atom stereocenters. The quantitative estimate of drug-likeness (QED) is 0.689. The summed E-state index contributed by atoms with van der Waals surface area (Å²) in [5.74, 6) is -1.09. The van der Waals surface area contributed by atoms with Gasteiger partial charge in [0.1, 0.15) is 4.90 Å². The van der Waals surface area contributed by atoms with Gasteiger partial charge in [-0.05, 0) is 30.9 Å². The van der Waals surface area contributed by atoms with Gasteiger partial charge in [0.2, 0.25) is 10.0 Å². The Morgan fingerprint density at radius 1 is 1.35 bits per heavy atom. The van der Waals surface area contributed by atoms with Crippen LogP contribution in [-0.2, 0) is 14.8 Å². The first-order chi connectivity index (χ1) is 9.82. The van der Waals surface area contributed by atoms with Crippen molar-refractivity contribution in [3.8, 4) is 0 Å². The molecule has 2 N–H and O–H groups in total. The third kappa shape index (κ3) is 5.91. The maximum Gasteiger partial charge on any atom is 1.00 e. The van der Waals surface area contributed by atoms with Gasteiger partial charge in [-0.25, -0.2) is 8.42 Å². The van der Waals surface area contributed by atoms with Crippen LogP contribution in [0.25, 0.3) is 0 Å². The second-order valence-corrected chi connectivity index (χ2v) is 7.71. The molecule has 0 bridgehead atoms. The van der Waals surface area contributed by atoms with Crippen molar-refractivity contribution < 1.29 is 75.2 Å². The van der Waals surface area contributed by atoms with Crippen molar-refractivity contribution in [1.82, 2.24) is 4.31 Å². The Balaban J connectivity index is 0.00000242. The smallest absolute Gasteiger partial charge is 0.870 e. The summed E-state index contributed by atoms with van der Waals surface area (Å²) in [6.45, 7) is 0.554. The largest absolute Gasteiger partial charge is 1.00 e. The second kappa shape index (κ2) is 10.1. The predicted molar refractivity (Wildman–Crippen MR) is 82.1 cm³/mol. The normalized spacial score (nSPS) is 18.6. The summed E-state index contributed by atoms with van der Waals surface area (Å²) in [6, 6.07) is 4.45. The number of nitrogens with zero attached hydrogens (tertiary/aromatic N) is 1. The van der Waals surface area contributed by atoms with Crippen LogP contribution in [-0.4, -0.2) is 42.4 Å². The summed E-state index contributed by atoms with van der Waals surface area (Å²) in [6.07, 6.45) is 1.31. The minimum Gasteiger partial charge on any atom is -0.870 e. The Bertz CT molecular complexity index is 656. The van der Waals surface area contributed by atoms with E-state index in [0.717, 1.165) is 0 Å². The molecule has 0 amide bonds. The summed E-state index contributed by atoms with van der Waals surface area (Å²) < 4.78 is 26.5. The third-order valence-corrected chi connectivity index (χ3v) is 6.32. The molecular weight excluding hydrogens is 392 g/mol. The van der Waals surface area contributed by atoms with Crippen LogP contribution in [0.1, 0.15) is 19.3 Å². The van der Waals surface area contributed by atoms with E-state index in [0.29, 0.717) is 19.4 Å². The van der Waals surface area contributed by atoms with Crippen LogP contribution in [0.3, 0.4) is 0 Å². The van der Waals surface area contributed by atoms with E-state index in [4.69, 9.17) is 28.3 Å². The molecule has 0 aromatic heterocycles. The fourth-order valence-electron chi connectivity index (χ4n) is 2.48. The molecule has 1 aliphatic heterocycles. The predicted octanol–water partition coefficient (Wildman–Crippen LogP) is -0.304. The molecule has 23 heavy (non-hydrogen) atoms. The molecule has 0 saturated carbocycles. The van der Waals surface area contributed by atoms with Gasteiger partial charge < -0.3 is 10.6 Å². The third-order valence-electron chi connectivity index (χ3n) is 3.48. The van der Waals surface area contributed by atoms with E-state index in [9.17, 15) is 13.2 Å². The molecule has 0 radical (unpaired) electrons. The zero-order chi connectivity index (χ0) is 15.6. The van der Waals surface area contributed by atoms with Crippen molar-refractivity contribution in [3.63, 3.8) is 0 Å². The number of aliphatic carboxylic acids is 1. The van der Waals surface area contributed by atoms with E-state index in [1.54, 1.807) is 0 Å². The monoisotopic (exact) mass is 407 g/mol. The fraction of sp³-hybridized carbons (Fsp3) is 0.462. The summed E-state index contributed by atoms with van der Waals surface area (Å²) >= 11 is 11.8. The SMILES string of the molecule is O=C(O)CC1CCCN(S(=O)(=O)c2cccc(Cl)c2Cl)C1.[K+].[OH-]. The van der Waals surface area contributed by atoms with Gasteiger partial charge in [-0.15, -0.1) is 0 Å². The molecule has 1 aromatic carbocycles. The molecule has 10 heteroatoms. The van der Waals surface area contributed by atoms with E-state index in [-0.39, 0.29) is 90.7 Å². The number of hydrogen-bond acceptors (Lipinski definition) is 4. The van der Waals surface area contributed by atoms with Gasteiger partial charge in [0, 0.05) is 19.5 Å². The number of benzene rings is 1. The minimum atomic E-state index is -3.76. The van der Waals surface area contributed by atoms with Gasteiger partial charge in [-0.2, -0.15) is 4.31 Å². The van der Waals surface area contributed by atoms with Gasteiger partial charge in [-0.3, -0.25) is 4.79 Å². The average molecular weight is 408 g/mol. The Kier molecular flexibility index (Phi) is 10.4. The van der Waals surface area contributed by atoms with Crippen LogP contribution in [0, 0.1) is 5.92 Å². The Morgan fingerprint density at radius 2 is 2.00 bits per heavy atom. The minimum absolute atomic E-state index is 0. The van der Waals surface area contributed by atoms with Crippen molar-refractivity contribution in [2.75, 3.05) is 13.1 Å². The van der Waals surface area contributed by atoms with Crippen LogP contribution < -0.4 is 51.4 Å². The van der Waals surface area contributed by atoms with Crippen molar-refractivity contribution >= 4 is 39.2 Å². The van der Waals surface area contributed by atoms with E-state index in [2.05, 4.69) is 0 Å². The molecule has 2 rings (SSSR count). The molecule has 0 spiro atoms. The van der Waals surface area contributed by atoms with Crippen LogP contribution in [0.2, 0.25) is 10.0 Å². The first-order valence-electron chi connectivity index (χ1n) is 6.48. The Labute approximate surface area is 187 Å². The van der Waals surface area contributed by atoms with Crippen LogP contribution in [0.15, 0.2) is 23.1 Å². The van der Waals surface area contributed by atoms with Gasteiger partial charge in [0.25, 0.3) is 0 Å². The summed E-state index contributed by atoms with van der Waals surface area (Å²) in [4.78, 5) is 10.8. The van der Waals surface area contributed by atoms with Crippen molar-refractivity contribution in [1.29, 1.82) is 0 Å². The molecule has 1 fully saturated rings. The van der Waals surface area contributed by atoms with E-state index in [1.807, 2.05) is 0 Å². The van der Waals surface area contributed by atoms with Crippen LogP contribution >= 0.6 is 23.2 Å². The average Bonchev–Trinajstić information content (AvgIpc) is 2.41. The molecule has 1 aliphatic rings. The summed E-state index contributed by atoms with van der Waals surface area (Å²) in [5.41, 5.74) is 0. The zero-order valence-corrected chi connectivity index (χ0v) is 18.0. The number of halogens is 2. The summed E-state index contributed by atoms with van der Waals surface area (Å²) in [5, 5.41) is 9.02. The van der Waals surface area contributed by atoms with Crippen LogP contribution in [0.5, 0.6) is 0 Å². The molecule has 6 nitrogen and oxygen atoms in total. The molecule has 1 heterocycles. The number of sulfonamides is 1. The van der Waals surface area contributed by atoms with Crippen molar-refractivity contribution in [2.45, 2.75) is 24.2 Å². The Morgan fingerprint density at radius 3 is 2.61 bits per heavy atom. The van der Waals surface area contributed by atoms with Gasteiger partial charge in [-0.1, -0.05) is 29.3 Å².